The zero-order valence-electron chi connectivity index (χ0n) is 25.9. The molecule has 8 atom stereocenters. The van der Waals surface area contributed by atoms with Crippen LogP contribution >= 0.6 is 0 Å². The van der Waals surface area contributed by atoms with E-state index in [9.17, 15) is 39.3 Å². The number of nitrogens with one attached hydrogen (secondary N) is 1. The third-order valence-corrected chi connectivity index (χ3v) is 11.3. The summed E-state index contributed by atoms with van der Waals surface area (Å²) in [6, 6.07) is 8.99. The van der Waals surface area contributed by atoms with Crippen molar-refractivity contribution in [1.29, 1.82) is 0 Å². The molecule has 4 N–H and O–H groups in total. The molecule has 1 aromatic rings. The van der Waals surface area contributed by atoms with E-state index in [4.69, 9.17) is 4.74 Å². The van der Waals surface area contributed by atoms with Gasteiger partial charge in [0, 0.05) is 35.6 Å². The van der Waals surface area contributed by atoms with Gasteiger partial charge < -0.3 is 25.4 Å². The number of fused-ring (bicyclic) bond motifs is 5. The van der Waals surface area contributed by atoms with Gasteiger partial charge in [-0.3, -0.25) is 24.0 Å². The minimum absolute atomic E-state index is 0.0236. The third kappa shape index (κ3) is 6.14. The molecule has 0 saturated heterocycles. The van der Waals surface area contributed by atoms with Crippen LogP contribution < -0.4 is 5.32 Å². The summed E-state index contributed by atoms with van der Waals surface area (Å²) in [5.41, 5.74) is -1.33. The molecule has 10 heteroatoms. The molecule has 0 aliphatic heterocycles. The van der Waals surface area contributed by atoms with Gasteiger partial charge in [-0.05, 0) is 61.7 Å². The average Bonchev–Trinajstić information content (AvgIpc) is 3.27. The number of Topliss-reactive ketones (excluding diaryl/α,β-unsaturated/α-hetero) is 1. The molecule has 5 rings (SSSR count). The average molecular weight is 622 g/mol. The summed E-state index contributed by atoms with van der Waals surface area (Å²) < 4.78 is 5.22. The number of aliphatic carboxylic acids is 1. The molecule has 3 saturated carbocycles. The first-order chi connectivity index (χ1) is 21.3. The number of carbonyl (C=O) groups is 5. The zero-order valence-corrected chi connectivity index (χ0v) is 25.9. The second-order valence-electron chi connectivity index (χ2n) is 13.7. The zero-order chi connectivity index (χ0) is 32.6. The van der Waals surface area contributed by atoms with Crippen molar-refractivity contribution >= 4 is 29.4 Å². The monoisotopic (exact) mass is 621 g/mol. The molecule has 0 unspecified atom stereocenters. The summed E-state index contributed by atoms with van der Waals surface area (Å²) in [6.45, 7) is 3.38. The molecule has 4 aliphatic rings. The molecule has 242 valence electrons. The Morgan fingerprint density at radius 3 is 2.53 bits per heavy atom. The molecule has 1 amide bonds. The van der Waals surface area contributed by atoms with Crippen LogP contribution in [0.5, 0.6) is 0 Å². The summed E-state index contributed by atoms with van der Waals surface area (Å²) in [5, 5.41) is 35.3. The van der Waals surface area contributed by atoms with E-state index < -0.39 is 58.7 Å². The second kappa shape index (κ2) is 12.6. The largest absolute Gasteiger partial charge is 0.481 e. The van der Waals surface area contributed by atoms with Crippen molar-refractivity contribution < 1.29 is 44.0 Å². The number of carboxylic acid groups (broad SMARTS) is 1. The van der Waals surface area contributed by atoms with E-state index in [0.717, 1.165) is 24.0 Å². The molecule has 10 nitrogen and oxygen atoms in total. The number of rotatable bonds is 11. The maximum Gasteiger partial charge on any atom is 0.306 e. The molecule has 0 heterocycles. The Kier molecular flexibility index (Phi) is 9.20. The lowest BCUT2D eigenvalue weighted by Gasteiger charge is -2.59. The minimum Gasteiger partial charge on any atom is -0.481 e. The van der Waals surface area contributed by atoms with Gasteiger partial charge in [0.2, 0.25) is 11.7 Å². The smallest absolute Gasteiger partial charge is 0.306 e. The summed E-state index contributed by atoms with van der Waals surface area (Å²) in [5.74, 6) is -3.37. The predicted octanol–water partition coefficient (Wildman–Crippen LogP) is 3.26. The fourth-order valence-corrected chi connectivity index (χ4v) is 8.91. The molecule has 4 aliphatic carbocycles. The lowest BCUT2D eigenvalue weighted by molar-refractivity contribution is -0.181. The Bertz CT molecular complexity index is 1420. The number of aliphatic hydroxyl groups is 2. The quantitative estimate of drug-likeness (QED) is 0.271. The van der Waals surface area contributed by atoms with E-state index in [0.29, 0.717) is 6.42 Å². The number of ketones is 2. The number of aliphatic hydroxyl groups excluding tert-OH is 1. The number of hydrogen-bond acceptors (Lipinski definition) is 8. The first-order valence-electron chi connectivity index (χ1n) is 15.9. The number of allylic oxidation sites excluding steroid dienone is 4. The van der Waals surface area contributed by atoms with Crippen molar-refractivity contribution in [1.82, 2.24) is 5.32 Å². The van der Waals surface area contributed by atoms with E-state index in [2.05, 4.69) is 12.2 Å². The Balaban J connectivity index is 1.14. The highest BCUT2D eigenvalue weighted by atomic mass is 16.5. The highest BCUT2D eigenvalue weighted by Crippen LogP contribution is 2.67. The lowest BCUT2D eigenvalue weighted by atomic mass is 9.46. The predicted molar refractivity (Wildman–Crippen MR) is 163 cm³/mol. The molecular formula is C35H43NO9. The summed E-state index contributed by atoms with van der Waals surface area (Å²) in [7, 11) is 0. The van der Waals surface area contributed by atoms with Crippen molar-refractivity contribution in [2.24, 2.45) is 28.6 Å². The summed E-state index contributed by atoms with van der Waals surface area (Å²) in [4.78, 5) is 61.7. The minimum atomic E-state index is -1.77. The van der Waals surface area contributed by atoms with E-state index >= 15 is 0 Å². The van der Waals surface area contributed by atoms with Crippen LogP contribution in [-0.2, 0) is 28.7 Å². The molecular weight excluding hydrogens is 578 g/mol. The van der Waals surface area contributed by atoms with Gasteiger partial charge in [-0.15, -0.1) is 0 Å². The Morgan fingerprint density at radius 2 is 1.82 bits per heavy atom. The van der Waals surface area contributed by atoms with Gasteiger partial charge in [0.15, 0.2) is 12.4 Å². The number of benzene rings is 1. The maximum atomic E-state index is 13.5. The van der Waals surface area contributed by atoms with Crippen LogP contribution in [0.25, 0.3) is 0 Å². The van der Waals surface area contributed by atoms with Gasteiger partial charge in [-0.2, -0.15) is 0 Å². The van der Waals surface area contributed by atoms with Crippen LogP contribution in [-0.4, -0.2) is 69.6 Å². The Hall–Kier alpha value is -3.63. The van der Waals surface area contributed by atoms with Crippen molar-refractivity contribution in [3.05, 3.63) is 59.7 Å². The summed E-state index contributed by atoms with van der Waals surface area (Å²) in [6.07, 6.45) is 6.23. The normalized spacial score (nSPS) is 34.0. The van der Waals surface area contributed by atoms with Gasteiger partial charge in [0.05, 0.1) is 18.9 Å². The van der Waals surface area contributed by atoms with Gasteiger partial charge in [0.1, 0.15) is 5.60 Å². The highest BCUT2D eigenvalue weighted by Gasteiger charge is 2.68. The standard InChI is InChI=1S/C35H43NO9/c1-33-14-12-24(37)17-23(33)8-9-25-26-13-15-35(44,34(26,2)18-27(38)32(25)33)28(39)20-45-31(43)11-10-29(40)36-19-22(16-30(41)42)21-6-4-3-5-7-21/h3-7,12,14,17,22,25-27,32,38,44H,8-11,13,15-16,18-20H2,1-2H3,(H,36,40)(H,41,42)/t22-,25+,26+,27+,32+,33+,34+,35+/m1/s1. The SMILES string of the molecule is C[C@]12C=CC(=O)C=C1CC[C@@H]1[C@H]2[C@@H](O)C[C@@]2(C)[C@H]1CC[C@]2(O)C(=O)COC(=O)CCC(=O)NC[C@@H](CC(=O)O)c1ccccc1. The van der Waals surface area contributed by atoms with Gasteiger partial charge in [-0.25, -0.2) is 0 Å². The van der Waals surface area contributed by atoms with Crippen molar-refractivity contribution in [2.75, 3.05) is 13.2 Å². The van der Waals surface area contributed by atoms with Crippen molar-refractivity contribution in [2.45, 2.75) is 82.8 Å². The number of esters is 1. The molecule has 3 fully saturated rings. The van der Waals surface area contributed by atoms with E-state index in [-0.39, 0.29) is 62.2 Å². The first-order valence-corrected chi connectivity index (χ1v) is 15.9. The lowest BCUT2D eigenvalue weighted by Crippen LogP contribution is -2.61. The van der Waals surface area contributed by atoms with E-state index in [1.54, 1.807) is 36.4 Å². The Morgan fingerprint density at radius 1 is 1.09 bits per heavy atom. The van der Waals surface area contributed by atoms with Crippen LogP contribution in [0.3, 0.4) is 0 Å². The molecule has 0 radical (unpaired) electrons. The highest BCUT2D eigenvalue weighted by molar-refractivity contribution is 6.01. The number of carbonyl (C=O) groups excluding carboxylic acids is 4. The fraction of sp³-hybridized carbons (Fsp3) is 0.571. The van der Waals surface area contributed by atoms with E-state index in [1.807, 2.05) is 19.1 Å². The number of carboxylic acids is 1. The first kappa shape index (κ1) is 32.8. The molecule has 45 heavy (non-hydrogen) atoms. The van der Waals surface area contributed by atoms with Crippen molar-refractivity contribution in [3.63, 3.8) is 0 Å². The second-order valence-corrected chi connectivity index (χ2v) is 13.7. The number of hydrogen-bond donors (Lipinski definition) is 4. The fourth-order valence-electron chi connectivity index (χ4n) is 8.91. The van der Waals surface area contributed by atoms with Crippen LogP contribution in [0.4, 0.5) is 0 Å². The third-order valence-electron chi connectivity index (χ3n) is 11.3. The number of amides is 1. The topological polar surface area (TPSA) is 167 Å². The molecule has 0 bridgehead atoms. The van der Waals surface area contributed by atoms with Gasteiger partial charge in [-0.1, -0.05) is 55.8 Å². The van der Waals surface area contributed by atoms with Gasteiger partial charge in [0.25, 0.3) is 0 Å². The van der Waals surface area contributed by atoms with E-state index in [1.165, 1.54) is 0 Å². The molecule has 0 spiro atoms. The van der Waals surface area contributed by atoms with Gasteiger partial charge >= 0.3 is 11.9 Å². The Labute approximate surface area is 262 Å². The number of ether oxygens (including phenoxy) is 1. The van der Waals surface area contributed by atoms with Crippen LogP contribution in [0.2, 0.25) is 0 Å². The van der Waals surface area contributed by atoms with Crippen LogP contribution in [0, 0.1) is 28.6 Å². The van der Waals surface area contributed by atoms with Crippen LogP contribution in [0.1, 0.15) is 76.7 Å². The maximum absolute atomic E-state index is 13.5. The molecule has 0 aromatic heterocycles. The summed E-state index contributed by atoms with van der Waals surface area (Å²) >= 11 is 0. The van der Waals surface area contributed by atoms with Crippen LogP contribution in [0.15, 0.2) is 54.1 Å². The molecule has 1 aromatic carbocycles. The van der Waals surface area contributed by atoms with Crippen molar-refractivity contribution in [3.8, 4) is 0 Å².